The van der Waals surface area contributed by atoms with E-state index in [4.69, 9.17) is 5.26 Å². The summed E-state index contributed by atoms with van der Waals surface area (Å²) in [5.41, 5.74) is 1.50. The molecule has 1 aliphatic heterocycles. The van der Waals surface area contributed by atoms with Crippen molar-refractivity contribution in [2.45, 2.75) is 32.1 Å². The molecule has 0 saturated heterocycles. The van der Waals surface area contributed by atoms with Crippen LogP contribution in [0.3, 0.4) is 0 Å². The van der Waals surface area contributed by atoms with Gasteiger partial charge < -0.3 is 13.9 Å². The van der Waals surface area contributed by atoms with E-state index in [-0.39, 0.29) is 5.92 Å². The molecule has 0 unspecified atom stereocenters. The van der Waals surface area contributed by atoms with Crippen LogP contribution in [0.15, 0.2) is 30.7 Å². The normalized spacial score (nSPS) is 17.1. The zero-order chi connectivity index (χ0) is 19.9. The summed E-state index contributed by atoms with van der Waals surface area (Å²) in [6, 6.07) is 5.67. The number of hydrogen-bond acceptors (Lipinski definition) is 4. The first-order valence-electron chi connectivity index (χ1n) is 9.01. The van der Waals surface area contributed by atoms with E-state index < -0.39 is 11.9 Å². The summed E-state index contributed by atoms with van der Waals surface area (Å²) in [6.07, 6.45) is 1.64. The van der Waals surface area contributed by atoms with Crippen molar-refractivity contribution in [1.82, 2.24) is 23.8 Å². The fourth-order valence-corrected chi connectivity index (χ4v) is 3.80. The minimum Gasteiger partial charge on any atom is -0.334 e. The third-order valence-electron chi connectivity index (χ3n) is 5.09. The number of nitriles is 1. The van der Waals surface area contributed by atoms with Gasteiger partial charge in [0.15, 0.2) is 5.69 Å². The van der Waals surface area contributed by atoms with Crippen molar-refractivity contribution in [3.05, 3.63) is 53.5 Å². The Morgan fingerprint density at radius 1 is 1.32 bits per heavy atom. The molecule has 1 aliphatic rings. The number of pyridine rings is 1. The largest absolute Gasteiger partial charge is 0.434 e. The Hall–Kier alpha value is -2.86. The van der Waals surface area contributed by atoms with Gasteiger partial charge in [-0.05, 0) is 31.5 Å². The van der Waals surface area contributed by atoms with E-state index in [0.29, 0.717) is 30.9 Å². The van der Waals surface area contributed by atoms with E-state index >= 15 is 0 Å². The Kier molecular flexibility index (Phi) is 4.59. The molecular weight excluding hydrogens is 369 g/mol. The van der Waals surface area contributed by atoms with Crippen LogP contribution in [-0.4, -0.2) is 37.4 Å². The van der Waals surface area contributed by atoms with Crippen LogP contribution in [0.25, 0.3) is 5.65 Å². The molecule has 9 heteroatoms. The zero-order valence-electron chi connectivity index (χ0n) is 15.3. The summed E-state index contributed by atoms with van der Waals surface area (Å²) in [6.45, 7) is 1.93. The highest BCUT2D eigenvalue weighted by molar-refractivity contribution is 5.44. The lowest BCUT2D eigenvalue weighted by atomic mass is 9.99. The van der Waals surface area contributed by atoms with Gasteiger partial charge in [0, 0.05) is 38.4 Å². The van der Waals surface area contributed by atoms with Gasteiger partial charge >= 0.3 is 6.18 Å². The molecule has 0 N–H and O–H groups in total. The molecular formula is C19H19F3N6. The van der Waals surface area contributed by atoms with Gasteiger partial charge in [0.1, 0.15) is 17.5 Å². The van der Waals surface area contributed by atoms with E-state index in [0.717, 1.165) is 30.5 Å². The highest BCUT2D eigenvalue weighted by Gasteiger charge is 2.35. The highest BCUT2D eigenvalue weighted by Crippen LogP contribution is 2.30. The number of rotatable bonds is 4. The number of nitrogens with zero attached hydrogens (tertiary/aromatic N) is 6. The van der Waals surface area contributed by atoms with Gasteiger partial charge in [-0.2, -0.15) is 18.4 Å². The molecule has 3 aromatic rings. The van der Waals surface area contributed by atoms with Gasteiger partial charge in [0.25, 0.3) is 0 Å². The Morgan fingerprint density at radius 3 is 2.89 bits per heavy atom. The lowest BCUT2D eigenvalue weighted by molar-refractivity contribution is -0.141. The first-order chi connectivity index (χ1) is 13.3. The molecule has 6 nitrogen and oxygen atoms in total. The fraction of sp³-hybridized carbons (Fsp3) is 0.421. The minimum absolute atomic E-state index is 0.252. The van der Waals surface area contributed by atoms with Crippen molar-refractivity contribution in [1.29, 1.82) is 5.26 Å². The topological polar surface area (TPSA) is 62.1 Å². The molecule has 0 fully saturated rings. The third-order valence-corrected chi connectivity index (χ3v) is 5.09. The second-order valence-electron chi connectivity index (χ2n) is 7.30. The Labute approximate surface area is 159 Å². The summed E-state index contributed by atoms with van der Waals surface area (Å²) in [5.74, 6) is 0.763. The molecule has 0 bridgehead atoms. The van der Waals surface area contributed by atoms with Crippen molar-refractivity contribution < 1.29 is 13.2 Å². The standard InChI is InChI=1S/C19H19F3N6/c1-26(11-15-7-24-17-4-2-13(6-23)10-28(15)17)8-14-3-5-18-25-16(19(20,21)22)12-27(18)9-14/h2,4,7,10,12,14H,3,5,8-9,11H2,1H3/t14-/m0/s1. The van der Waals surface area contributed by atoms with E-state index in [1.54, 1.807) is 23.0 Å². The molecule has 0 aromatic carbocycles. The summed E-state index contributed by atoms with van der Waals surface area (Å²) in [4.78, 5) is 10.2. The Balaban J connectivity index is 1.43. The number of hydrogen-bond donors (Lipinski definition) is 0. The van der Waals surface area contributed by atoms with Crippen molar-refractivity contribution in [2.24, 2.45) is 5.92 Å². The van der Waals surface area contributed by atoms with Gasteiger partial charge in [-0.15, -0.1) is 0 Å². The lowest BCUT2D eigenvalue weighted by Gasteiger charge is -2.28. The van der Waals surface area contributed by atoms with E-state index in [1.807, 2.05) is 17.5 Å². The number of halogens is 3. The molecule has 28 heavy (non-hydrogen) atoms. The maximum Gasteiger partial charge on any atom is 0.434 e. The van der Waals surface area contributed by atoms with Crippen LogP contribution in [0.2, 0.25) is 0 Å². The van der Waals surface area contributed by atoms with Crippen molar-refractivity contribution in [3.8, 4) is 6.07 Å². The molecule has 0 aliphatic carbocycles. The maximum absolute atomic E-state index is 12.9. The second kappa shape index (κ2) is 6.95. The first kappa shape index (κ1) is 18.5. The zero-order valence-corrected chi connectivity index (χ0v) is 15.3. The van der Waals surface area contributed by atoms with E-state index in [1.165, 1.54) is 0 Å². The molecule has 4 rings (SSSR count). The summed E-state index contributed by atoms with van der Waals surface area (Å²) >= 11 is 0. The third kappa shape index (κ3) is 3.60. The van der Waals surface area contributed by atoms with E-state index in [9.17, 15) is 13.2 Å². The molecule has 4 heterocycles. The first-order valence-corrected chi connectivity index (χ1v) is 9.01. The molecule has 3 aromatic heterocycles. The van der Waals surface area contributed by atoms with Crippen LogP contribution < -0.4 is 0 Å². The van der Waals surface area contributed by atoms with Crippen LogP contribution in [0.4, 0.5) is 13.2 Å². The summed E-state index contributed by atoms with van der Waals surface area (Å²) in [7, 11) is 1.98. The van der Waals surface area contributed by atoms with Crippen LogP contribution in [-0.2, 0) is 25.7 Å². The van der Waals surface area contributed by atoms with Gasteiger partial charge in [-0.3, -0.25) is 0 Å². The lowest BCUT2D eigenvalue weighted by Crippen LogP contribution is -2.31. The average molecular weight is 388 g/mol. The SMILES string of the molecule is CN(Cc1cnc2ccc(C#N)cn12)C[C@@H]1CCc2nc(C(F)(F)F)cn2C1. The van der Waals surface area contributed by atoms with Crippen LogP contribution in [0, 0.1) is 17.2 Å². The smallest absolute Gasteiger partial charge is 0.334 e. The second-order valence-corrected chi connectivity index (χ2v) is 7.30. The monoisotopic (exact) mass is 388 g/mol. The molecule has 0 spiro atoms. The molecule has 146 valence electrons. The number of aromatic nitrogens is 4. The average Bonchev–Trinajstić information content (AvgIpc) is 3.25. The predicted molar refractivity (Wildman–Crippen MR) is 95.3 cm³/mol. The molecule has 0 saturated carbocycles. The number of aryl methyl sites for hydroxylation is 1. The number of alkyl halides is 3. The van der Waals surface area contributed by atoms with Gasteiger partial charge in [0.2, 0.25) is 0 Å². The Morgan fingerprint density at radius 2 is 2.14 bits per heavy atom. The molecule has 0 radical (unpaired) electrons. The van der Waals surface area contributed by atoms with Crippen LogP contribution >= 0.6 is 0 Å². The van der Waals surface area contributed by atoms with Gasteiger partial charge in [0.05, 0.1) is 17.5 Å². The number of imidazole rings is 2. The predicted octanol–water partition coefficient (Wildman–Crippen LogP) is 3.12. The fourth-order valence-electron chi connectivity index (χ4n) is 3.80. The Bertz CT molecular complexity index is 1040. The van der Waals surface area contributed by atoms with E-state index in [2.05, 4.69) is 20.9 Å². The van der Waals surface area contributed by atoms with Crippen LogP contribution in [0.1, 0.15) is 29.2 Å². The number of fused-ring (bicyclic) bond motifs is 2. The van der Waals surface area contributed by atoms with Crippen molar-refractivity contribution >= 4 is 5.65 Å². The van der Waals surface area contributed by atoms with Crippen LogP contribution in [0.5, 0.6) is 0 Å². The molecule has 1 atom stereocenters. The summed E-state index contributed by atoms with van der Waals surface area (Å²) in [5, 5.41) is 9.08. The molecule has 0 amide bonds. The van der Waals surface area contributed by atoms with Gasteiger partial charge in [-0.1, -0.05) is 0 Å². The summed E-state index contributed by atoms with van der Waals surface area (Å²) < 4.78 is 42.1. The van der Waals surface area contributed by atoms with Gasteiger partial charge in [-0.25, -0.2) is 9.97 Å². The van der Waals surface area contributed by atoms with Crippen molar-refractivity contribution in [3.63, 3.8) is 0 Å². The highest BCUT2D eigenvalue weighted by atomic mass is 19.4. The minimum atomic E-state index is -4.40. The maximum atomic E-state index is 12.9. The van der Waals surface area contributed by atoms with Crippen molar-refractivity contribution in [2.75, 3.05) is 13.6 Å². The quantitative estimate of drug-likeness (QED) is 0.689.